The van der Waals surface area contributed by atoms with Crippen molar-refractivity contribution in [2.24, 2.45) is 5.92 Å². The zero-order valence-corrected chi connectivity index (χ0v) is 12.4. The Morgan fingerprint density at radius 3 is 3.14 bits per heavy atom. The Hall–Kier alpha value is -1.70. The molecule has 3 rings (SSSR count). The number of amides is 1. The minimum atomic E-state index is -0.402. The van der Waals surface area contributed by atoms with E-state index in [1.165, 1.54) is 11.3 Å². The van der Waals surface area contributed by atoms with E-state index in [1.54, 1.807) is 12.3 Å². The molecule has 2 atom stereocenters. The topological polar surface area (TPSA) is 87.4 Å². The van der Waals surface area contributed by atoms with Crippen LogP contribution < -0.4 is 10.6 Å². The van der Waals surface area contributed by atoms with Gasteiger partial charge in [-0.25, -0.2) is 4.98 Å². The molecule has 0 bridgehead atoms. The first-order valence-corrected chi connectivity index (χ1v) is 7.65. The third-order valence-corrected chi connectivity index (χ3v) is 4.56. The van der Waals surface area contributed by atoms with Gasteiger partial charge in [-0.1, -0.05) is 0 Å². The molecule has 2 unspecified atom stereocenters. The van der Waals surface area contributed by atoms with Gasteiger partial charge in [0.25, 0.3) is 5.91 Å². The van der Waals surface area contributed by atoms with Gasteiger partial charge in [-0.05, 0) is 19.1 Å². The van der Waals surface area contributed by atoms with Crippen LogP contribution in [0, 0.1) is 12.8 Å². The number of carbonyl (C=O) groups excluding carboxylic acids is 1. The van der Waals surface area contributed by atoms with E-state index in [0.29, 0.717) is 29.6 Å². The lowest BCUT2D eigenvalue weighted by Crippen LogP contribution is -2.34. The maximum absolute atomic E-state index is 12.2. The fourth-order valence-corrected chi connectivity index (χ4v) is 3.23. The number of furan rings is 1. The molecule has 2 aromatic heterocycles. The van der Waals surface area contributed by atoms with Crippen molar-refractivity contribution in [1.29, 1.82) is 0 Å². The summed E-state index contributed by atoms with van der Waals surface area (Å²) in [7, 11) is 0. The van der Waals surface area contributed by atoms with Crippen molar-refractivity contribution < 1.29 is 14.3 Å². The number of carbonyl (C=O) groups is 1. The number of nitrogens with zero attached hydrogens (tertiary/aromatic N) is 1. The third kappa shape index (κ3) is 2.99. The van der Waals surface area contributed by atoms with Crippen LogP contribution in [-0.4, -0.2) is 41.7 Å². The predicted octanol–water partition coefficient (Wildman–Crippen LogP) is 1.02. The smallest absolute Gasteiger partial charge is 0.271 e. The monoisotopic (exact) mass is 307 g/mol. The Labute approximate surface area is 126 Å². The first-order valence-electron chi connectivity index (χ1n) is 6.83. The summed E-state index contributed by atoms with van der Waals surface area (Å²) in [6, 6.07) is 3.61. The minimum absolute atomic E-state index is 0.0532. The minimum Gasteiger partial charge on any atom is -0.462 e. The molecule has 1 aliphatic rings. The van der Waals surface area contributed by atoms with Gasteiger partial charge < -0.3 is 20.2 Å². The van der Waals surface area contributed by atoms with Crippen LogP contribution in [0.2, 0.25) is 0 Å². The van der Waals surface area contributed by atoms with Crippen molar-refractivity contribution in [3.8, 4) is 10.8 Å². The lowest BCUT2D eigenvalue weighted by Gasteiger charge is -2.13. The predicted molar refractivity (Wildman–Crippen MR) is 79.3 cm³/mol. The van der Waals surface area contributed by atoms with Gasteiger partial charge in [-0.3, -0.25) is 4.79 Å². The largest absolute Gasteiger partial charge is 0.462 e. The first kappa shape index (κ1) is 14.2. The van der Waals surface area contributed by atoms with E-state index in [0.717, 1.165) is 11.4 Å². The number of nitrogens with one attached hydrogen (secondary N) is 2. The van der Waals surface area contributed by atoms with E-state index in [4.69, 9.17) is 4.42 Å². The number of hydrogen-bond acceptors (Lipinski definition) is 6. The molecule has 3 heterocycles. The fourth-order valence-electron chi connectivity index (χ4n) is 2.35. The number of rotatable bonds is 4. The van der Waals surface area contributed by atoms with Crippen molar-refractivity contribution in [3.05, 3.63) is 29.0 Å². The van der Waals surface area contributed by atoms with E-state index < -0.39 is 6.10 Å². The molecular weight excluding hydrogens is 290 g/mol. The van der Waals surface area contributed by atoms with E-state index in [2.05, 4.69) is 15.6 Å². The van der Waals surface area contributed by atoms with Crippen LogP contribution in [0.5, 0.6) is 0 Å². The molecule has 1 saturated heterocycles. The number of β-amino-alcohol motifs (C(OH)–C–C–N with tert-alkyl or cyclic N) is 1. The molecular formula is C14H17N3O3S. The van der Waals surface area contributed by atoms with Gasteiger partial charge in [-0.2, -0.15) is 0 Å². The maximum Gasteiger partial charge on any atom is 0.271 e. The van der Waals surface area contributed by atoms with E-state index in [-0.39, 0.29) is 11.8 Å². The highest BCUT2D eigenvalue weighted by Crippen LogP contribution is 2.27. The molecule has 3 N–H and O–H groups in total. The molecule has 6 nitrogen and oxygen atoms in total. The zero-order chi connectivity index (χ0) is 14.8. The molecule has 2 aromatic rings. The molecule has 0 aliphatic carbocycles. The van der Waals surface area contributed by atoms with Crippen molar-refractivity contribution in [1.82, 2.24) is 15.6 Å². The van der Waals surface area contributed by atoms with Crippen LogP contribution in [0.1, 0.15) is 15.4 Å². The number of aliphatic hydroxyl groups is 1. The normalized spacial score (nSPS) is 21.6. The van der Waals surface area contributed by atoms with Crippen LogP contribution in [0.3, 0.4) is 0 Å². The zero-order valence-electron chi connectivity index (χ0n) is 11.6. The van der Waals surface area contributed by atoms with Gasteiger partial charge in [0, 0.05) is 30.4 Å². The molecule has 0 spiro atoms. The molecule has 21 heavy (non-hydrogen) atoms. The average Bonchev–Trinajstić information content (AvgIpc) is 3.16. The van der Waals surface area contributed by atoms with Crippen LogP contribution in [0.4, 0.5) is 0 Å². The highest BCUT2D eigenvalue weighted by Gasteiger charge is 2.26. The standard InChI is InChI=1S/C14H17N3O3S/c1-8-12(17-14(21-8)11-3-2-4-20-11)13(19)16-6-9-5-15-7-10(9)18/h2-4,9-10,15,18H,5-7H2,1H3,(H,16,19). The van der Waals surface area contributed by atoms with Crippen LogP contribution in [0.25, 0.3) is 10.8 Å². The van der Waals surface area contributed by atoms with Crippen molar-refractivity contribution in [2.45, 2.75) is 13.0 Å². The van der Waals surface area contributed by atoms with E-state index in [9.17, 15) is 9.90 Å². The summed E-state index contributed by atoms with van der Waals surface area (Å²) in [5.74, 6) is 0.510. The summed E-state index contributed by atoms with van der Waals surface area (Å²) in [4.78, 5) is 17.4. The Kier molecular flexibility index (Phi) is 4.05. The molecule has 0 radical (unpaired) electrons. The second kappa shape index (κ2) is 5.97. The average molecular weight is 307 g/mol. The summed E-state index contributed by atoms with van der Waals surface area (Å²) in [5, 5.41) is 16.4. The molecule has 112 valence electrons. The second-order valence-electron chi connectivity index (χ2n) is 5.10. The Balaban J connectivity index is 1.67. The van der Waals surface area contributed by atoms with Gasteiger partial charge in [0.2, 0.25) is 0 Å². The van der Waals surface area contributed by atoms with Crippen molar-refractivity contribution in [3.63, 3.8) is 0 Å². The van der Waals surface area contributed by atoms with Gasteiger partial charge in [0.15, 0.2) is 10.8 Å². The van der Waals surface area contributed by atoms with E-state index in [1.807, 2.05) is 13.0 Å². The molecule has 0 aromatic carbocycles. The Bertz CT molecular complexity index is 623. The summed E-state index contributed by atoms with van der Waals surface area (Å²) in [5.41, 5.74) is 0.423. The van der Waals surface area contributed by atoms with E-state index >= 15 is 0 Å². The Morgan fingerprint density at radius 1 is 1.62 bits per heavy atom. The van der Waals surface area contributed by atoms with Gasteiger partial charge in [0.05, 0.1) is 12.4 Å². The van der Waals surface area contributed by atoms with Crippen molar-refractivity contribution >= 4 is 17.2 Å². The summed E-state index contributed by atoms with van der Waals surface area (Å²) < 4.78 is 5.30. The number of hydrogen-bond donors (Lipinski definition) is 3. The van der Waals surface area contributed by atoms with Crippen LogP contribution in [-0.2, 0) is 0 Å². The molecule has 1 aliphatic heterocycles. The number of aromatic nitrogens is 1. The maximum atomic E-state index is 12.2. The fraction of sp³-hybridized carbons (Fsp3) is 0.429. The summed E-state index contributed by atoms with van der Waals surface area (Å²) in [6.07, 6.45) is 1.18. The van der Waals surface area contributed by atoms with Gasteiger partial charge in [-0.15, -0.1) is 11.3 Å². The van der Waals surface area contributed by atoms with Crippen LogP contribution >= 0.6 is 11.3 Å². The number of aryl methyl sites for hydroxylation is 1. The lowest BCUT2D eigenvalue weighted by atomic mass is 10.1. The summed E-state index contributed by atoms with van der Waals surface area (Å²) in [6.45, 7) is 3.61. The third-order valence-electron chi connectivity index (χ3n) is 3.57. The molecule has 0 saturated carbocycles. The number of aliphatic hydroxyl groups excluding tert-OH is 1. The quantitative estimate of drug-likeness (QED) is 0.785. The molecule has 1 amide bonds. The lowest BCUT2D eigenvalue weighted by molar-refractivity contribution is 0.0922. The first-order chi connectivity index (χ1) is 10.1. The van der Waals surface area contributed by atoms with Gasteiger partial charge >= 0.3 is 0 Å². The highest BCUT2D eigenvalue weighted by atomic mass is 32.1. The van der Waals surface area contributed by atoms with Gasteiger partial charge in [0.1, 0.15) is 5.69 Å². The number of thiazole rings is 1. The molecule has 7 heteroatoms. The second-order valence-corrected chi connectivity index (χ2v) is 6.30. The summed E-state index contributed by atoms with van der Waals surface area (Å²) >= 11 is 1.43. The Morgan fingerprint density at radius 2 is 2.48 bits per heavy atom. The molecule has 1 fully saturated rings. The highest BCUT2D eigenvalue weighted by molar-refractivity contribution is 7.15. The van der Waals surface area contributed by atoms with Crippen molar-refractivity contribution in [2.75, 3.05) is 19.6 Å². The SMILES string of the molecule is Cc1sc(-c2ccco2)nc1C(=O)NCC1CNCC1O. The van der Waals surface area contributed by atoms with Crippen LogP contribution in [0.15, 0.2) is 22.8 Å².